The minimum atomic E-state index is -4.83. The molecule has 0 aliphatic heterocycles. The van der Waals surface area contributed by atoms with Crippen LogP contribution in [0, 0.1) is 0 Å². The van der Waals surface area contributed by atoms with Gasteiger partial charge in [0.15, 0.2) is 0 Å². The van der Waals surface area contributed by atoms with Crippen LogP contribution < -0.4 is 15.8 Å². The third kappa shape index (κ3) is 4.51. The topological polar surface area (TPSA) is 77.2 Å². The zero-order valence-electron chi connectivity index (χ0n) is 12.4. The van der Waals surface area contributed by atoms with E-state index in [9.17, 15) is 18.0 Å². The fraction of sp³-hybridized carbons (Fsp3) is 0.200. The van der Waals surface area contributed by atoms with E-state index in [2.05, 4.69) is 15.0 Å². The summed E-state index contributed by atoms with van der Waals surface area (Å²) in [6.07, 6.45) is -3.60. The molecule has 0 fully saturated rings. The zero-order valence-corrected chi connectivity index (χ0v) is 13.2. The molecule has 9 heteroatoms. The van der Waals surface area contributed by atoms with Crippen molar-refractivity contribution < 1.29 is 22.7 Å². The molecule has 2 aromatic rings. The minimum Gasteiger partial charge on any atom is -0.405 e. The van der Waals surface area contributed by atoms with Crippen LogP contribution in [0.15, 0.2) is 36.5 Å². The minimum absolute atomic E-state index is 0.0742. The van der Waals surface area contributed by atoms with Crippen LogP contribution in [0.1, 0.15) is 28.9 Å². The molecule has 0 radical (unpaired) electrons. The van der Waals surface area contributed by atoms with Gasteiger partial charge in [-0.05, 0) is 19.1 Å². The number of carbonyl (C=O) groups excluding carboxylic acids is 1. The van der Waals surface area contributed by atoms with E-state index in [0.717, 1.165) is 0 Å². The quantitative estimate of drug-likeness (QED) is 0.872. The zero-order chi connectivity index (χ0) is 17.9. The summed E-state index contributed by atoms with van der Waals surface area (Å²) in [6.45, 7) is 1.53. The standard InChI is InChI=1S/C15H13ClF3N3O2/c1-8(10-4-2-3-5-12(10)24-15(17,18)19)22-14(23)9-6-11(16)13(20)21-7-9/h2-8H,1H3,(H2,20,21)(H,22,23). The molecule has 24 heavy (non-hydrogen) atoms. The van der Waals surface area contributed by atoms with Gasteiger partial charge in [-0.15, -0.1) is 13.2 Å². The van der Waals surface area contributed by atoms with Gasteiger partial charge in [0.2, 0.25) is 0 Å². The Labute approximate surface area is 140 Å². The summed E-state index contributed by atoms with van der Waals surface area (Å²) < 4.78 is 41.3. The second-order valence-corrected chi connectivity index (χ2v) is 5.28. The van der Waals surface area contributed by atoms with Gasteiger partial charge in [-0.2, -0.15) is 0 Å². The first-order valence-electron chi connectivity index (χ1n) is 6.74. The van der Waals surface area contributed by atoms with Crippen LogP contribution in [0.3, 0.4) is 0 Å². The number of ether oxygens (including phenoxy) is 1. The lowest BCUT2D eigenvalue weighted by Gasteiger charge is -2.19. The Hall–Kier alpha value is -2.48. The summed E-state index contributed by atoms with van der Waals surface area (Å²) >= 11 is 5.80. The Morgan fingerprint density at radius 1 is 1.38 bits per heavy atom. The second kappa shape index (κ2) is 6.96. The first-order valence-corrected chi connectivity index (χ1v) is 7.11. The molecule has 0 spiro atoms. The highest BCUT2D eigenvalue weighted by molar-refractivity contribution is 6.33. The van der Waals surface area contributed by atoms with Crippen molar-refractivity contribution in [3.05, 3.63) is 52.7 Å². The summed E-state index contributed by atoms with van der Waals surface area (Å²) in [4.78, 5) is 15.9. The van der Waals surface area contributed by atoms with Gasteiger partial charge in [0, 0.05) is 11.8 Å². The molecule has 1 aromatic heterocycles. The van der Waals surface area contributed by atoms with E-state index in [-0.39, 0.29) is 27.7 Å². The van der Waals surface area contributed by atoms with Crippen molar-refractivity contribution >= 4 is 23.3 Å². The predicted octanol–water partition coefficient (Wildman–Crippen LogP) is 3.71. The Morgan fingerprint density at radius 2 is 2.04 bits per heavy atom. The van der Waals surface area contributed by atoms with Crippen molar-refractivity contribution in [2.75, 3.05) is 5.73 Å². The Bertz CT molecular complexity index is 753. The van der Waals surface area contributed by atoms with Crippen LogP contribution in [-0.2, 0) is 0 Å². The second-order valence-electron chi connectivity index (χ2n) is 4.87. The Kier molecular flexibility index (Phi) is 5.18. The molecule has 2 rings (SSSR count). The maximum absolute atomic E-state index is 12.5. The number of hydrogen-bond donors (Lipinski definition) is 2. The molecule has 0 aliphatic rings. The number of carbonyl (C=O) groups is 1. The number of nitrogens with one attached hydrogen (secondary N) is 1. The molecule has 5 nitrogen and oxygen atoms in total. The van der Waals surface area contributed by atoms with Crippen molar-refractivity contribution in [1.29, 1.82) is 0 Å². The first kappa shape index (κ1) is 17.9. The smallest absolute Gasteiger partial charge is 0.405 e. The third-order valence-electron chi connectivity index (χ3n) is 3.09. The van der Waals surface area contributed by atoms with Gasteiger partial charge in [0.25, 0.3) is 5.91 Å². The molecule has 1 unspecified atom stereocenters. The number of alkyl halides is 3. The summed E-state index contributed by atoms with van der Waals surface area (Å²) in [5.74, 6) is -0.866. The normalized spacial score (nSPS) is 12.5. The predicted molar refractivity (Wildman–Crippen MR) is 82.7 cm³/mol. The number of para-hydroxylation sites is 1. The molecule has 0 saturated carbocycles. The number of rotatable bonds is 4. The van der Waals surface area contributed by atoms with E-state index in [1.807, 2.05) is 0 Å². The van der Waals surface area contributed by atoms with Crippen LogP contribution >= 0.6 is 11.6 Å². The van der Waals surface area contributed by atoms with E-state index in [1.54, 1.807) is 6.07 Å². The number of hydrogen-bond acceptors (Lipinski definition) is 4. The number of nitrogens with two attached hydrogens (primary N) is 1. The van der Waals surface area contributed by atoms with Crippen LogP contribution in [0.2, 0.25) is 5.02 Å². The highest BCUT2D eigenvalue weighted by Gasteiger charge is 2.32. The van der Waals surface area contributed by atoms with Gasteiger partial charge in [0.1, 0.15) is 11.6 Å². The van der Waals surface area contributed by atoms with Crippen molar-refractivity contribution in [3.8, 4) is 5.75 Å². The molecule has 1 atom stereocenters. The lowest BCUT2D eigenvalue weighted by molar-refractivity contribution is -0.275. The van der Waals surface area contributed by atoms with Crippen LogP contribution in [-0.4, -0.2) is 17.3 Å². The fourth-order valence-electron chi connectivity index (χ4n) is 1.99. The van der Waals surface area contributed by atoms with E-state index in [1.165, 1.54) is 37.4 Å². The first-order chi connectivity index (χ1) is 11.2. The number of amides is 1. The van der Waals surface area contributed by atoms with Gasteiger partial charge >= 0.3 is 6.36 Å². The average Bonchev–Trinajstić information content (AvgIpc) is 2.48. The van der Waals surface area contributed by atoms with Gasteiger partial charge in [-0.25, -0.2) is 4.98 Å². The summed E-state index contributed by atoms with van der Waals surface area (Å²) in [5.41, 5.74) is 5.77. The highest BCUT2D eigenvalue weighted by atomic mass is 35.5. The summed E-state index contributed by atoms with van der Waals surface area (Å²) in [7, 11) is 0. The van der Waals surface area contributed by atoms with E-state index in [4.69, 9.17) is 17.3 Å². The fourth-order valence-corrected chi connectivity index (χ4v) is 2.15. The number of halogens is 4. The Morgan fingerprint density at radius 3 is 2.67 bits per heavy atom. The lowest BCUT2D eigenvalue weighted by atomic mass is 10.1. The van der Waals surface area contributed by atoms with Crippen molar-refractivity contribution in [2.24, 2.45) is 0 Å². The van der Waals surface area contributed by atoms with Crippen molar-refractivity contribution in [3.63, 3.8) is 0 Å². The van der Waals surface area contributed by atoms with Gasteiger partial charge < -0.3 is 15.8 Å². The number of benzene rings is 1. The summed E-state index contributed by atoms with van der Waals surface area (Å²) in [5, 5.41) is 2.67. The number of pyridine rings is 1. The third-order valence-corrected chi connectivity index (χ3v) is 3.39. The molecule has 128 valence electrons. The van der Waals surface area contributed by atoms with E-state index >= 15 is 0 Å². The SMILES string of the molecule is CC(NC(=O)c1cnc(N)c(Cl)c1)c1ccccc1OC(F)(F)F. The molecule has 1 heterocycles. The average molecular weight is 360 g/mol. The molecular weight excluding hydrogens is 347 g/mol. The molecule has 1 aromatic carbocycles. The summed E-state index contributed by atoms with van der Waals surface area (Å²) in [6, 6.07) is 6.13. The lowest BCUT2D eigenvalue weighted by Crippen LogP contribution is -2.28. The van der Waals surface area contributed by atoms with Crippen LogP contribution in [0.4, 0.5) is 19.0 Å². The van der Waals surface area contributed by atoms with E-state index in [0.29, 0.717) is 0 Å². The molecule has 1 amide bonds. The monoisotopic (exact) mass is 359 g/mol. The Balaban J connectivity index is 2.19. The number of aromatic nitrogens is 1. The molecule has 3 N–H and O–H groups in total. The van der Waals surface area contributed by atoms with Crippen molar-refractivity contribution in [1.82, 2.24) is 10.3 Å². The maximum Gasteiger partial charge on any atom is 0.573 e. The van der Waals surface area contributed by atoms with Gasteiger partial charge in [0.05, 0.1) is 16.6 Å². The van der Waals surface area contributed by atoms with Crippen LogP contribution in [0.25, 0.3) is 0 Å². The van der Waals surface area contributed by atoms with Gasteiger partial charge in [-0.1, -0.05) is 29.8 Å². The molecule has 0 aliphatic carbocycles. The highest BCUT2D eigenvalue weighted by Crippen LogP contribution is 2.30. The van der Waals surface area contributed by atoms with Crippen LogP contribution in [0.5, 0.6) is 5.75 Å². The largest absolute Gasteiger partial charge is 0.573 e. The maximum atomic E-state index is 12.5. The van der Waals surface area contributed by atoms with Crippen molar-refractivity contribution in [2.45, 2.75) is 19.3 Å². The molecule has 0 bridgehead atoms. The number of nitrogens with zero attached hydrogens (tertiary/aromatic N) is 1. The number of nitrogen functional groups attached to an aromatic ring is 1. The van der Waals surface area contributed by atoms with Gasteiger partial charge in [-0.3, -0.25) is 4.79 Å². The van der Waals surface area contributed by atoms with E-state index < -0.39 is 18.3 Å². The number of anilines is 1. The molecule has 0 saturated heterocycles. The molecular formula is C15H13ClF3N3O2.